The minimum atomic E-state index is -0.468. The standard InChI is InChI=1S/C24H20N4O4/c25-17-19(24(29)27-14-12-26(13-15-27)20-4-2-1-3-5-20)16-22-10-11-23(32-22)18-6-8-21(9-7-18)28(30)31/h1-11,16H,12-15H2/b19-16+. The fourth-order valence-corrected chi connectivity index (χ4v) is 3.59. The summed E-state index contributed by atoms with van der Waals surface area (Å²) in [4.78, 5) is 27.1. The van der Waals surface area contributed by atoms with Gasteiger partial charge in [-0.2, -0.15) is 5.26 Å². The Bertz CT molecular complexity index is 1180. The van der Waals surface area contributed by atoms with Gasteiger partial charge >= 0.3 is 0 Å². The van der Waals surface area contributed by atoms with Gasteiger partial charge in [0.05, 0.1) is 4.92 Å². The molecule has 0 radical (unpaired) electrons. The Balaban J connectivity index is 1.44. The summed E-state index contributed by atoms with van der Waals surface area (Å²) in [5.41, 5.74) is 1.77. The summed E-state index contributed by atoms with van der Waals surface area (Å²) < 4.78 is 5.74. The van der Waals surface area contributed by atoms with Crippen molar-refractivity contribution >= 4 is 23.4 Å². The first-order valence-electron chi connectivity index (χ1n) is 10.1. The average molecular weight is 428 g/mol. The maximum atomic E-state index is 12.9. The topological polar surface area (TPSA) is 104 Å². The van der Waals surface area contributed by atoms with Gasteiger partial charge < -0.3 is 14.2 Å². The van der Waals surface area contributed by atoms with Crippen molar-refractivity contribution in [1.82, 2.24) is 4.90 Å². The molecule has 1 fully saturated rings. The van der Waals surface area contributed by atoms with Gasteiger partial charge in [-0.05, 0) is 36.4 Å². The monoisotopic (exact) mass is 428 g/mol. The Labute approximate surface area is 184 Å². The molecule has 0 saturated carbocycles. The van der Waals surface area contributed by atoms with Crippen molar-refractivity contribution in [2.75, 3.05) is 31.1 Å². The number of para-hydroxylation sites is 1. The molecular weight excluding hydrogens is 408 g/mol. The lowest BCUT2D eigenvalue weighted by molar-refractivity contribution is -0.384. The lowest BCUT2D eigenvalue weighted by Crippen LogP contribution is -2.49. The van der Waals surface area contributed by atoms with E-state index in [9.17, 15) is 20.2 Å². The highest BCUT2D eigenvalue weighted by atomic mass is 16.6. The van der Waals surface area contributed by atoms with Crippen LogP contribution in [0, 0.1) is 21.4 Å². The van der Waals surface area contributed by atoms with Crippen LogP contribution in [-0.2, 0) is 4.79 Å². The van der Waals surface area contributed by atoms with E-state index in [1.807, 2.05) is 36.4 Å². The smallest absolute Gasteiger partial charge is 0.269 e. The molecule has 1 aliphatic rings. The fourth-order valence-electron chi connectivity index (χ4n) is 3.59. The lowest BCUT2D eigenvalue weighted by atomic mass is 10.1. The van der Waals surface area contributed by atoms with Crippen LogP contribution in [0.3, 0.4) is 0 Å². The first-order valence-corrected chi connectivity index (χ1v) is 10.1. The molecule has 4 rings (SSSR count). The zero-order valence-electron chi connectivity index (χ0n) is 17.2. The van der Waals surface area contributed by atoms with Crippen molar-refractivity contribution < 1.29 is 14.1 Å². The van der Waals surface area contributed by atoms with Crippen molar-refractivity contribution in [1.29, 1.82) is 5.26 Å². The third-order valence-electron chi connectivity index (χ3n) is 5.32. The molecule has 0 unspecified atom stereocenters. The number of rotatable bonds is 5. The van der Waals surface area contributed by atoms with Gasteiger partial charge in [0, 0.05) is 55.6 Å². The SMILES string of the molecule is N#C/C(=C\c1ccc(-c2ccc([N+](=O)[O-])cc2)o1)C(=O)N1CCN(c2ccccc2)CC1. The van der Waals surface area contributed by atoms with E-state index in [1.165, 1.54) is 18.2 Å². The number of piperazine rings is 1. The summed E-state index contributed by atoms with van der Waals surface area (Å²) in [5.74, 6) is 0.534. The van der Waals surface area contributed by atoms with Crippen molar-refractivity contribution in [2.24, 2.45) is 0 Å². The normalized spacial score (nSPS) is 14.2. The number of benzene rings is 2. The number of carbonyl (C=O) groups is 1. The van der Waals surface area contributed by atoms with Crippen LogP contribution < -0.4 is 4.90 Å². The molecule has 1 saturated heterocycles. The van der Waals surface area contributed by atoms with Gasteiger partial charge in [0.2, 0.25) is 0 Å². The molecule has 8 heteroatoms. The Morgan fingerprint density at radius 2 is 1.69 bits per heavy atom. The Hall–Kier alpha value is -4.38. The molecule has 32 heavy (non-hydrogen) atoms. The zero-order valence-corrected chi connectivity index (χ0v) is 17.2. The van der Waals surface area contributed by atoms with E-state index in [4.69, 9.17) is 4.42 Å². The summed E-state index contributed by atoms with van der Waals surface area (Å²) in [7, 11) is 0. The van der Waals surface area contributed by atoms with Crippen molar-refractivity contribution in [2.45, 2.75) is 0 Å². The molecule has 0 bridgehead atoms. The number of non-ortho nitro benzene ring substituents is 1. The van der Waals surface area contributed by atoms with Gasteiger partial charge in [-0.1, -0.05) is 18.2 Å². The molecule has 0 atom stereocenters. The van der Waals surface area contributed by atoms with Gasteiger partial charge in [-0.3, -0.25) is 14.9 Å². The molecule has 160 valence electrons. The number of nitrogens with zero attached hydrogens (tertiary/aromatic N) is 4. The van der Waals surface area contributed by atoms with E-state index in [0.717, 1.165) is 5.69 Å². The van der Waals surface area contributed by atoms with Crippen molar-refractivity contribution in [3.05, 3.63) is 88.2 Å². The molecule has 2 heterocycles. The molecule has 1 amide bonds. The minimum absolute atomic E-state index is 0.00256. The molecule has 1 aromatic heterocycles. The van der Waals surface area contributed by atoms with E-state index in [1.54, 1.807) is 29.2 Å². The van der Waals surface area contributed by atoms with Crippen LogP contribution in [-0.4, -0.2) is 41.9 Å². The molecule has 3 aromatic rings. The van der Waals surface area contributed by atoms with Crippen LogP contribution >= 0.6 is 0 Å². The van der Waals surface area contributed by atoms with Crippen LogP contribution in [0.2, 0.25) is 0 Å². The van der Waals surface area contributed by atoms with Crippen LogP contribution in [0.4, 0.5) is 11.4 Å². The maximum absolute atomic E-state index is 12.9. The van der Waals surface area contributed by atoms with E-state index >= 15 is 0 Å². The maximum Gasteiger partial charge on any atom is 0.269 e. The Morgan fingerprint density at radius 1 is 1.00 bits per heavy atom. The first-order chi connectivity index (χ1) is 15.5. The fraction of sp³-hybridized carbons (Fsp3) is 0.167. The predicted octanol–water partition coefficient (Wildman–Crippen LogP) is 4.11. The lowest BCUT2D eigenvalue weighted by Gasteiger charge is -2.36. The van der Waals surface area contributed by atoms with Crippen LogP contribution in [0.5, 0.6) is 0 Å². The van der Waals surface area contributed by atoms with Crippen molar-refractivity contribution in [3.8, 4) is 17.4 Å². The minimum Gasteiger partial charge on any atom is -0.457 e. The number of hydrogen-bond acceptors (Lipinski definition) is 6. The number of nitro groups is 1. The zero-order chi connectivity index (χ0) is 22.5. The number of nitriles is 1. The van der Waals surface area contributed by atoms with Gasteiger partial charge in [-0.15, -0.1) is 0 Å². The van der Waals surface area contributed by atoms with Crippen LogP contribution in [0.15, 0.2) is 76.7 Å². The quantitative estimate of drug-likeness (QED) is 0.262. The molecule has 0 aliphatic carbocycles. The predicted molar refractivity (Wildman–Crippen MR) is 120 cm³/mol. The summed E-state index contributed by atoms with van der Waals surface area (Å²) in [6.45, 7) is 2.44. The van der Waals surface area contributed by atoms with Gasteiger partial charge in [0.15, 0.2) is 0 Å². The van der Waals surface area contributed by atoms with Gasteiger partial charge in [0.25, 0.3) is 11.6 Å². The molecule has 2 aromatic carbocycles. The first kappa shape index (κ1) is 20.9. The van der Waals surface area contributed by atoms with Crippen LogP contribution in [0.1, 0.15) is 5.76 Å². The Kier molecular flexibility index (Phi) is 5.99. The van der Waals surface area contributed by atoms with Gasteiger partial charge in [0.1, 0.15) is 23.2 Å². The summed E-state index contributed by atoms with van der Waals surface area (Å²) in [6, 6.07) is 21.3. The number of hydrogen-bond donors (Lipinski definition) is 0. The second kappa shape index (κ2) is 9.18. The highest BCUT2D eigenvalue weighted by molar-refractivity contribution is 6.01. The van der Waals surface area contributed by atoms with E-state index < -0.39 is 4.92 Å². The molecular formula is C24H20N4O4. The van der Waals surface area contributed by atoms with Gasteiger partial charge in [-0.25, -0.2) is 0 Å². The highest BCUT2D eigenvalue weighted by Gasteiger charge is 2.24. The molecule has 0 spiro atoms. The second-order valence-corrected chi connectivity index (χ2v) is 7.29. The molecule has 8 nitrogen and oxygen atoms in total. The van der Waals surface area contributed by atoms with E-state index in [0.29, 0.717) is 43.3 Å². The third-order valence-corrected chi connectivity index (χ3v) is 5.32. The van der Waals surface area contributed by atoms with E-state index in [2.05, 4.69) is 4.90 Å². The summed E-state index contributed by atoms with van der Waals surface area (Å²) in [5, 5.41) is 20.3. The number of anilines is 1. The summed E-state index contributed by atoms with van der Waals surface area (Å²) in [6.07, 6.45) is 1.43. The molecule has 1 aliphatic heterocycles. The van der Waals surface area contributed by atoms with Crippen molar-refractivity contribution in [3.63, 3.8) is 0 Å². The largest absolute Gasteiger partial charge is 0.457 e. The molecule has 0 N–H and O–H groups in total. The Morgan fingerprint density at radius 3 is 2.31 bits per heavy atom. The van der Waals surface area contributed by atoms with E-state index in [-0.39, 0.29) is 17.2 Å². The average Bonchev–Trinajstić information content (AvgIpc) is 3.31. The van der Waals surface area contributed by atoms with Crippen LogP contribution in [0.25, 0.3) is 17.4 Å². The number of carbonyl (C=O) groups excluding carboxylic acids is 1. The second-order valence-electron chi connectivity index (χ2n) is 7.29. The summed E-state index contributed by atoms with van der Waals surface area (Å²) >= 11 is 0. The number of nitro benzene ring substituents is 1. The highest BCUT2D eigenvalue weighted by Crippen LogP contribution is 2.26. The number of furan rings is 1. The third kappa shape index (κ3) is 4.52. The number of amides is 1.